The van der Waals surface area contributed by atoms with Crippen molar-refractivity contribution >= 4 is 21.6 Å². The number of hydrogen-bond acceptors (Lipinski definition) is 6. The molecule has 1 aromatic rings. The van der Waals surface area contributed by atoms with E-state index in [1.54, 1.807) is 4.90 Å². The number of carbonyl (C=O) groups excluding carboxylic acids is 1. The summed E-state index contributed by atoms with van der Waals surface area (Å²) in [6.07, 6.45) is 1.64. The normalized spacial score (nSPS) is 20.1. The van der Waals surface area contributed by atoms with Crippen molar-refractivity contribution in [2.75, 3.05) is 39.3 Å². The highest BCUT2D eigenvalue weighted by molar-refractivity contribution is 7.89. The number of piperidine rings is 1. The van der Waals surface area contributed by atoms with Gasteiger partial charge in [-0.05, 0) is 38.1 Å². The highest BCUT2D eigenvalue weighted by atomic mass is 32.2. The van der Waals surface area contributed by atoms with Crippen LogP contribution in [0.1, 0.15) is 12.8 Å². The predicted molar refractivity (Wildman–Crippen MR) is 94.0 cm³/mol. The van der Waals surface area contributed by atoms with Crippen molar-refractivity contribution in [1.82, 2.24) is 14.5 Å². The van der Waals surface area contributed by atoms with E-state index in [1.165, 1.54) is 28.6 Å². The largest absolute Gasteiger partial charge is 0.340 e. The van der Waals surface area contributed by atoms with Crippen molar-refractivity contribution in [3.05, 3.63) is 34.4 Å². The molecule has 0 bridgehead atoms. The number of nitro benzene ring substituents is 1. The summed E-state index contributed by atoms with van der Waals surface area (Å²) >= 11 is 0. The molecule has 0 atom stereocenters. The zero-order valence-electron chi connectivity index (χ0n) is 14.3. The number of piperazine rings is 1. The molecule has 1 amide bonds. The fraction of sp³-hybridized carbons (Fsp3) is 0.562. The molecule has 1 N–H and O–H groups in total. The zero-order valence-corrected chi connectivity index (χ0v) is 15.2. The highest BCUT2D eigenvalue weighted by Gasteiger charge is 2.33. The van der Waals surface area contributed by atoms with Crippen LogP contribution in [0.5, 0.6) is 0 Å². The lowest BCUT2D eigenvalue weighted by molar-refractivity contribution is -0.384. The molecule has 2 fully saturated rings. The van der Waals surface area contributed by atoms with Crippen LogP contribution in [0.15, 0.2) is 29.2 Å². The van der Waals surface area contributed by atoms with Crippen LogP contribution in [0, 0.1) is 16.0 Å². The predicted octanol–water partition coefficient (Wildman–Crippen LogP) is 0.427. The topological polar surface area (TPSA) is 113 Å². The Morgan fingerprint density at radius 3 is 2.19 bits per heavy atom. The lowest BCUT2D eigenvalue weighted by atomic mass is 9.96. The van der Waals surface area contributed by atoms with Crippen LogP contribution >= 0.6 is 0 Å². The summed E-state index contributed by atoms with van der Waals surface area (Å²) in [5.41, 5.74) is -0.152. The number of carbonyl (C=O) groups is 1. The summed E-state index contributed by atoms with van der Waals surface area (Å²) in [4.78, 5) is 24.5. The van der Waals surface area contributed by atoms with E-state index >= 15 is 0 Å². The van der Waals surface area contributed by atoms with Gasteiger partial charge in [-0.1, -0.05) is 0 Å². The molecule has 0 aliphatic carbocycles. The Kier molecular flexibility index (Phi) is 5.54. The number of rotatable bonds is 4. The minimum absolute atomic E-state index is 0.0223. The first kappa shape index (κ1) is 18.7. The van der Waals surface area contributed by atoms with Crippen molar-refractivity contribution in [2.45, 2.75) is 17.7 Å². The Bertz CT molecular complexity index is 766. The fourth-order valence-corrected chi connectivity index (χ4v) is 4.79. The van der Waals surface area contributed by atoms with Crippen LogP contribution in [-0.2, 0) is 14.8 Å². The third-order valence-corrected chi connectivity index (χ3v) is 6.84. The number of nitro groups is 1. The van der Waals surface area contributed by atoms with Gasteiger partial charge >= 0.3 is 0 Å². The second kappa shape index (κ2) is 7.68. The van der Waals surface area contributed by atoms with E-state index in [1.807, 2.05) is 0 Å². The number of amides is 1. The van der Waals surface area contributed by atoms with E-state index in [4.69, 9.17) is 0 Å². The lowest BCUT2D eigenvalue weighted by Gasteiger charge is -2.36. The Labute approximate surface area is 152 Å². The van der Waals surface area contributed by atoms with E-state index in [2.05, 4.69) is 5.32 Å². The molecule has 0 unspecified atom stereocenters. The molecule has 1 aromatic carbocycles. The summed E-state index contributed by atoms with van der Waals surface area (Å²) in [6, 6.07) is 4.87. The van der Waals surface area contributed by atoms with Gasteiger partial charge in [0, 0.05) is 44.2 Å². The third-order valence-electron chi connectivity index (χ3n) is 4.92. The summed E-state index contributed by atoms with van der Waals surface area (Å²) in [7, 11) is -3.72. The van der Waals surface area contributed by atoms with Crippen molar-refractivity contribution in [3.8, 4) is 0 Å². The molecule has 0 radical (unpaired) electrons. The number of hydrogen-bond donors (Lipinski definition) is 1. The maximum Gasteiger partial charge on any atom is 0.269 e. The van der Waals surface area contributed by atoms with Crippen molar-refractivity contribution in [1.29, 1.82) is 0 Å². The third kappa shape index (κ3) is 3.87. The SMILES string of the molecule is O=C(C1CCNCC1)N1CCN(S(=O)(=O)c2ccc([N+](=O)[O-])cc2)CC1. The van der Waals surface area contributed by atoms with Gasteiger partial charge in [-0.3, -0.25) is 14.9 Å². The summed E-state index contributed by atoms with van der Waals surface area (Å²) in [5.74, 6) is 0.132. The van der Waals surface area contributed by atoms with Gasteiger partial charge in [0.05, 0.1) is 9.82 Å². The van der Waals surface area contributed by atoms with Gasteiger partial charge in [0.25, 0.3) is 5.69 Å². The molecule has 2 heterocycles. The quantitative estimate of drug-likeness (QED) is 0.597. The van der Waals surface area contributed by atoms with E-state index in [-0.39, 0.29) is 35.5 Å². The lowest BCUT2D eigenvalue weighted by Crippen LogP contribution is -2.52. The second-order valence-corrected chi connectivity index (χ2v) is 8.44. The highest BCUT2D eigenvalue weighted by Crippen LogP contribution is 2.22. The van der Waals surface area contributed by atoms with Crippen LogP contribution in [0.2, 0.25) is 0 Å². The molecule has 26 heavy (non-hydrogen) atoms. The fourth-order valence-electron chi connectivity index (χ4n) is 3.36. The average Bonchev–Trinajstić information content (AvgIpc) is 2.68. The van der Waals surface area contributed by atoms with Gasteiger partial charge in [0.2, 0.25) is 15.9 Å². The molecule has 3 rings (SSSR count). The Morgan fingerprint density at radius 2 is 1.65 bits per heavy atom. The van der Waals surface area contributed by atoms with E-state index in [0.717, 1.165) is 25.9 Å². The average molecular weight is 382 g/mol. The molecule has 142 valence electrons. The van der Waals surface area contributed by atoms with Gasteiger partial charge in [-0.15, -0.1) is 0 Å². The Hall–Kier alpha value is -2.04. The molecule has 2 aliphatic heterocycles. The second-order valence-electron chi connectivity index (χ2n) is 6.50. The minimum Gasteiger partial charge on any atom is -0.340 e. The Balaban J connectivity index is 1.63. The monoisotopic (exact) mass is 382 g/mol. The minimum atomic E-state index is -3.72. The zero-order chi connectivity index (χ0) is 18.7. The maximum absolute atomic E-state index is 12.7. The van der Waals surface area contributed by atoms with Gasteiger partial charge in [-0.25, -0.2) is 8.42 Å². The molecule has 0 saturated carbocycles. The van der Waals surface area contributed by atoms with Crippen LogP contribution in [-0.4, -0.2) is 67.7 Å². The smallest absolute Gasteiger partial charge is 0.269 e. The van der Waals surface area contributed by atoms with Gasteiger partial charge in [0.15, 0.2) is 0 Å². The first-order chi connectivity index (χ1) is 12.4. The van der Waals surface area contributed by atoms with Crippen molar-refractivity contribution in [3.63, 3.8) is 0 Å². The molecule has 2 aliphatic rings. The van der Waals surface area contributed by atoms with E-state index in [0.29, 0.717) is 13.1 Å². The molecule has 9 nitrogen and oxygen atoms in total. The molecule has 0 aromatic heterocycles. The van der Waals surface area contributed by atoms with E-state index in [9.17, 15) is 23.3 Å². The number of benzene rings is 1. The van der Waals surface area contributed by atoms with Crippen LogP contribution in [0.3, 0.4) is 0 Å². The summed E-state index contributed by atoms with van der Waals surface area (Å²) < 4.78 is 26.7. The molecular formula is C16H22N4O5S. The molecule has 2 saturated heterocycles. The van der Waals surface area contributed by atoms with Gasteiger partial charge < -0.3 is 10.2 Å². The van der Waals surface area contributed by atoms with Gasteiger partial charge in [0.1, 0.15) is 0 Å². The van der Waals surface area contributed by atoms with Crippen molar-refractivity contribution in [2.24, 2.45) is 5.92 Å². The van der Waals surface area contributed by atoms with Crippen LogP contribution in [0.25, 0.3) is 0 Å². The number of nitrogens with zero attached hydrogens (tertiary/aromatic N) is 3. The first-order valence-electron chi connectivity index (χ1n) is 8.64. The molecule has 10 heteroatoms. The van der Waals surface area contributed by atoms with Crippen LogP contribution in [0.4, 0.5) is 5.69 Å². The number of sulfonamides is 1. The number of non-ortho nitro benzene ring substituents is 1. The molecule has 0 spiro atoms. The van der Waals surface area contributed by atoms with Gasteiger partial charge in [-0.2, -0.15) is 4.31 Å². The standard InChI is InChI=1S/C16H22N4O5S/c21-16(13-5-7-17-8-6-13)18-9-11-19(12-10-18)26(24,25)15-3-1-14(2-4-15)20(22)23/h1-4,13,17H,5-12H2. The molecular weight excluding hydrogens is 360 g/mol. The summed E-state index contributed by atoms with van der Waals surface area (Å²) in [5, 5.41) is 13.9. The van der Waals surface area contributed by atoms with E-state index < -0.39 is 14.9 Å². The van der Waals surface area contributed by atoms with Crippen LogP contribution < -0.4 is 5.32 Å². The maximum atomic E-state index is 12.7. The Morgan fingerprint density at radius 1 is 1.08 bits per heavy atom. The summed E-state index contributed by atoms with van der Waals surface area (Å²) in [6.45, 7) is 2.88. The number of nitrogens with one attached hydrogen (secondary N) is 1. The van der Waals surface area contributed by atoms with Crippen molar-refractivity contribution < 1.29 is 18.1 Å². The first-order valence-corrected chi connectivity index (χ1v) is 10.1.